The van der Waals surface area contributed by atoms with Gasteiger partial charge in [-0.05, 0) is 12.8 Å². The van der Waals surface area contributed by atoms with Crippen LogP contribution in [0.25, 0.3) is 0 Å². The second-order valence-corrected chi connectivity index (χ2v) is 6.11. The van der Waals surface area contributed by atoms with E-state index in [1.54, 1.807) is 13.2 Å². The highest BCUT2D eigenvalue weighted by Crippen LogP contribution is 2.23. The molecule has 1 aliphatic heterocycles. The van der Waals surface area contributed by atoms with Gasteiger partial charge in [-0.1, -0.05) is 6.42 Å². The molecule has 1 fully saturated rings. The zero-order valence-electron chi connectivity index (χ0n) is 9.91. The standard InChI is InChI=1S/C10H18N4O2S/c1-13-7-5-12-10(13)17(15,16)14-6-3-2-4-9(14)8-11/h5,7,9H,2-4,6,8,11H2,1H3. The SMILES string of the molecule is Cn1ccnc1S(=O)(=O)N1CCCCC1CN. The number of hydrogen-bond acceptors (Lipinski definition) is 4. The molecule has 0 amide bonds. The molecule has 6 nitrogen and oxygen atoms in total. The number of aryl methyl sites for hydroxylation is 1. The van der Waals surface area contributed by atoms with E-state index in [4.69, 9.17) is 5.73 Å². The largest absolute Gasteiger partial charge is 0.329 e. The Labute approximate surface area is 101 Å². The van der Waals surface area contributed by atoms with Crippen molar-refractivity contribution >= 4 is 10.0 Å². The quantitative estimate of drug-likeness (QED) is 0.822. The van der Waals surface area contributed by atoms with E-state index >= 15 is 0 Å². The van der Waals surface area contributed by atoms with Crippen LogP contribution >= 0.6 is 0 Å². The molecule has 96 valence electrons. The van der Waals surface area contributed by atoms with Gasteiger partial charge in [-0.15, -0.1) is 0 Å². The van der Waals surface area contributed by atoms with Crippen molar-refractivity contribution < 1.29 is 8.42 Å². The molecule has 0 radical (unpaired) electrons. The molecule has 0 aromatic carbocycles. The van der Waals surface area contributed by atoms with Crippen LogP contribution in [0.5, 0.6) is 0 Å². The minimum absolute atomic E-state index is 0.0922. The first-order valence-corrected chi connectivity index (χ1v) is 7.20. The van der Waals surface area contributed by atoms with Crippen molar-refractivity contribution in [3.05, 3.63) is 12.4 Å². The van der Waals surface area contributed by atoms with E-state index in [0.29, 0.717) is 13.1 Å². The van der Waals surface area contributed by atoms with Crippen molar-refractivity contribution in [2.24, 2.45) is 12.8 Å². The topological polar surface area (TPSA) is 81.2 Å². The average Bonchev–Trinajstić information content (AvgIpc) is 2.76. The van der Waals surface area contributed by atoms with E-state index in [0.717, 1.165) is 19.3 Å². The predicted molar refractivity (Wildman–Crippen MR) is 63.8 cm³/mol. The van der Waals surface area contributed by atoms with Crippen LogP contribution in [0.3, 0.4) is 0 Å². The molecular formula is C10H18N4O2S. The molecule has 2 N–H and O–H groups in total. The van der Waals surface area contributed by atoms with Gasteiger partial charge in [0.1, 0.15) is 0 Å². The Bertz CT molecular complexity index is 482. The van der Waals surface area contributed by atoms with E-state index < -0.39 is 10.0 Å². The number of sulfonamides is 1. The second-order valence-electron chi connectivity index (χ2n) is 4.32. The maximum absolute atomic E-state index is 12.4. The highest BCUT2D eigenvalue weighted by Gasteiger charge is 2.34. The van der Waals surface area contributed by atoms with Crippen molar-refractivity contribution in [3.8, 4) is 0 Å². The van der Waals surface area contributed by atoms with Gasteiger partial charge in [-0.2, -0.15) is 4.31 Å². The van der Waals surface area contributed by atoms with Crippen molar-refractivity contribution in [2.45, 2.75) is 30.5 Å². The van der Waals surface area contributed by atoms with E-state index in [1.165, 1.54) is 15.1 Å². The summed E-state index contributed by atoms with van der Waals surface area (Å²) in [6.07, 6.45) is 5.89. The first-order valence-electron chi connectivity index (χ1n) is 5.76. The van der Waals surface area contributed by atoms with Gasteiger partial charge in [-0.25, -0.2) is 13.4 Å². The summed E-state index contributed by atoms with van der Waals surface area (Å²) in [4.78, 5) is 3.92. The third-order valence-electron chi connectivity index (χ3n) is 3.16. The van der Waals surface area contributed by atoms with Gasteiger partial charge in [0, 0.05) is 38.6 Å². The Hall–Kier alpha value is -0.920. The number of imidazole rings is 1. The molecule has 17 heavy (non-hydrogen) atoms. The normalized spacial score (nSPS) is 22.8. The number of aromatic nitrogens is 2. The third-order valence-corrected chi connectivity index (χ3v) is 5.11. The third kappa shape index (κ3) is 2.22. The van der Waals surface area contributed by atoms with Crippen LogP contribution in [0.1, 0.15) is 19.3 Å². The Morgan fingerprint density at radius 3 is 2.88 bits per heavy atom. The van der Waals surface area contributed by atoms with Crippen LogP contribution in [0.15, 0.2) is 17.6 Å². The maximum atomic E-state index is 12.4. The van der Waals surface area contributed by atoms with Crippen molar-refractivity contribution in [2.75, 3.05) is 13.1 Å². The molecule has 1 saturated heterocycles. The molecule has 0 spiro atoms. The van der Waals surface area contributed by atoms with Crippen molar-refractivity contribution in [3.63, 3.8) is 0 Å². The predicted octanol–water partition coefficient (Wildman–Crippen LogP) is -0.0780. The zero-order chi connectivity index (χ0) is 12.5. The Kier molecular flexibility index (Phi) is 3.50. The van der Waals surface area contributed by atoms with Gasteiger partial charge in [0.15, 0.2) is 0 Å². The van der Waals surface area contributed by atoms with Gasteiger partial charge in [0.25, 0.3) is 10.0 Å². The summed E-state index contributed by atoms with van der Waals surface area (Å²) in [5, 5.41) is 0.0952. The molecule has 1 atom stereocenters. The second kappa shape index (κ2) is 4.75. The summed E-state index contributed by atoms with van der Waals surface area (Å²) >= 11 is 0. The fourth-order valence-corrected chi connectivity index (χ4v) is 4.01. The Morgan fingerprint density at radius 2 is 2.29 bits per heavy atom. The van der Waals surface area contributed by atoms with Crippen LogP contribution in [-0.4, -0.2) is 41.4 Å². The molecule has 7 heteroatoms. The molecule has 1 aromatic rings. The lowest BCUT2D eigenvalue weighted by molar-refractivity contribution is 0.255. The summed E-state index contributed by atoms with van der Waals surface area (Å²) in [5.41, 5.74) is 5.65. The summed E-state index contributed by atoms with van der Waals surface area (Å²) in [5.74, 6) is 0. The number of piperidine rings is 1. The van der Waals surface area contributed by atoms with Crippen molar-refractivity contribution in [1.29, 1.82) is 0 Å². The van der Waals surface area contributed by atoms with Crippen LogP contribution < -0.4 is 5.73 Å². The highest BCUT2D eigenvalue weighted by atomic mass is 32.2. The van der Waals surface area contributed by atoms with E-state index in [9.17, 15) is 8.42 Å². The van der Waals surface area contributed by atoms with E-state index in [2.05, 4.69) is 4.98 Å². The van der Waals surface area contributed by atoms with Crippen LogP contribution in [0, 0.1) is 0 Å². The lowest BCUT2D eigenvalue weighted by Crippen LogP contribution is -2.47. The molecule has 0 aliphatic carbocycles. The first-order chi connectivity index (χ1) is 8.07. The van der Waals surface area contributed by atoms with Gasteiger partial charge >= 0.3 is 0 Å². The molecule has 2 rings (SSSR count). The smallest absolute Gasteiger partial charge is 0.277 e. The molecule has 0 saturated carbocycles. The summed E-state index contributed by atoms with van der Waals surface area (Å²) in [7, 11) is -1.82. The van der Waals surface area contributed by atoms with E-state index in [1.807, 2.05) is 0 Å². The van der Waals surface area contributed by atoms with Gasteiger partial charge < -0.3 is 10.3 Å². The summed E-state index contributed by atoms with van der Waals surface area (Å²) in [6, 6.07) is -0.0922. The zero-order valence-corrected chi connectivity index (χ0v) is 10.7. The monoisotopic (exact) mass is 258 g/mol. The van der Waals surface area contributed by atoms with Crippen LogP contribution in [0.2, 0.25) is 0 Å². The molecule has 0 bridgehead atoms. The first kappa shape index (κ1) is 12.5. The molecule has 2 heterocycles. The fraction of sp³-hybridized carbons (Fsp3) is 0.700. The number of nitrogens with zero attached hydrogens (tertiary/aromatic N) is 3. The number of hydrogen-bond donors (Lipinski definition) is 1. The fourth-order valence-electron chi connectivity index (χ4n) is 2.23. The summed E-state index contributed by atoms with van der Waals surface area (Å²) < 4.78 is 27.9. The highest BCUT2D eigenvalue weighted by molar-refractivity contribution is 7.89. The molecule has 1 aliphatic rings. The minimum Gasteiger partial charge on any atom is -0.329 e. The lowest BCUT2D eigenvalue weighted by atomic mass is 10.1. The number of nitrogens with two attached hydrogens (primary N) is 1. The molecule has 1 unspecified atom stereocenters. The van der Waals surface area contributed by atoms with Gasteiger partial charge in [0.05, 0.1) is 0 Å². The summed E-state index contributed by atoms with van der Waals surface area (Å²) in [6.45, 7) is 0.903. The Morgan fingerprint density at radius 1 is 1.53 bits per heavy atom. The lowest BCUT2D eigenvalue weighted by Gasteiger charge is -2.33. The molecule has 1 aromatic heterocycles. The minimum atomic E-state index is -3.51. The van der Waals surface area contributed by atoms with Crippen molar-refractivity contribution in [1.82, 2.24) is 13.9 Å². The molecular weight excluding hydrogens is 240 g/mol. The average molecular weight is 258 g/mol. The van der Waals surface area contributed by atoms with Gasteiger partial charge in [0.2, 0.25) is 5.16 Å². The van der Waals surface area contributed by atoms with Crippen LogP contribution in [-0.2, 0) is 17.1 Å². The number of rotatable bonds is 3. The van der Waals surface area contributed by atoms with Gasteiger partial charge in [-0.3, -0.25) is 0 Å². The van der Waals surface area contributed by atoms with Crippen LogP contribution in [0.4, 0.5) is 0 Å². The maximum Gasteiger partial charge on any atom is 0.277 e. The van der Waals surface area contributed by atoms with E-state index in [-0.39, 0.29) is 11.2 Å². The Balaban J connectivity index is 2.34.